The molecule has 0 radical (unpaired) electrons. The third-order valence-electron chi connectivity index (χ3n) is 2.77. The molecular weight excluding hydrogens is 268 g/mol. The van der Waals surface area contributed by atoms with Crippen LogP contribution in [0.2, 0.25) is 0 Å². The minimum atomic E-state index is -0.0550. The van der Waals surface area contributed by atoms with Crippen LogP contribution in [0.3, 0.4) is 0 Å². The second kappa shape index (κ2) is 12.2. The van der Waals surface area contributed by atoms with Gasteiger partial charge in [-0.15, -0.1) is 0 Å². The first kappa shape index (κ1) is 19.4. The van der Waals surface area contributed by atoms with Crippen molar-refractivity contribution in [2.75, 3.05) is 27.3 Å². The second-order valence-electron chi connectivity index (χ2n) is 4.88. The first-order valence-electron chi connectivity index (χ1n) is 7.18. The first-order valence-corrected chi connectivity index (χ1v) is 7.18. The lowest BCUT2D eigenvalue weighted by molar-refractivity contribution is -0.119. The van der Waals surface area contributed by atoms with Crippen molar-refractivity contribution in [1.29, 1.82) is 0 Å². The average Bonchev–Trinajstić information content (AvgIpc) is 2.98. The van der Waals surface area contributed by atoms with E-state index >= 15 is 0 Å². The predicted octanol–water partition coefficient (Wildman–Crippen LogP) is 2.22. The largest absolute Gasteiger partial charge is 0.508 e. The number of phenols is 1. The van der Waals surface area contributed by atoms with Gasteiger partial charge in [-0.05, 0) is 50.6 Å². The fourth-order valence-corrected chi connectivity index (χ4v) is 1.78. The summed E-state index contributed by atoms with van der Waals surface area (Å²) in [6.07, 6.45) is 2.78. The van der Waals surface area contributed by atoms with E-state index < -0.39 is 0 Å². The molecule has 1 atom stereocenters. The number of carbonyl (C=O) groups is 1. The molecule has 0 saturated carbocycles. The van der Waals surface area contributed by atoms with Crippen LogP contribution in [0.4, 0.5) is 0 Å². The Morgan fingerprint density at radius 3 is 2.05 bits per heavy atom. The van der Waals surface area contributed by atoms with Crippen LogP contribution in [0, 0.1) is 0 Å². The summed E-state index contributed by atoms with van der Waals surface area (Å²) in [5.74, 6) is 0.180. The highest BCUT2D eigenvalue weighted by atomic mass is 16.4. The van der Waals surface area contributed by atoms with Gasteiger partial charge < -0.3 is 20.5 Å². The van der Waals surface area contributed by atoms with E-state index in [0.29, 0.717) is 0 Å². The Bertz CT molecular complexity index is 368. The molecule has 5 nitrogen and oxygen atoms in total. The van der Waals surface area contributed by atoms with E-state index in [1.807, 2.05) is 6.92 Å². The van der Waals surface area contributed by atoms with Gasteiger partial charge in [0.05, 0.1) is 6.04 Å². The monoisotopic (exact) mass is 296 g/mol. The molecule has 1 heterocycles. The Hall–Kier alpha value is -1.59. The van der Waals surface area contributed by atoms with Gasteiger partial charge in [0.25, 0.3) is 0 Å². The van der Waals surface area contributed by atoms with E-state index in [1.54, 1.807) is 38.5 Å². The number of aromatic hydroxyl groups is 1. The number of phenolic OH excluding ortho intramolecular Hbond substituents is 1. The lowest BCUT2D eigenvalue weighted by Gasteiger charge is -2.12. The van der Waals surface area contributed by atoms with Crippen molar-refractivity contribution < 1.29 is 14.6 Å². The van der Waals surface area contributed by atoms with Crippen LogP contribution in [0.25, 0.3) is 0 Å². The molecule has 1 aromatic rings. The maximum Gasteiger partial charge on any atom is 0.217 e. The highest BCUT2D eigenvalue weighted by molar-refractivity contribution is 5.73. The molecule has 1 aliphatic heterocycles. The zero-order chi connectivity index (χ0) is 16.1. The van der Waals surface area contributed by atoms with Gasteiger partial charge in [-0.2, -0.15) is 0 Å². The molecule has 0 bridgehead atoms. The number of nitrogens with one attached hydrogen (secondary N) is 2. The summed E-state index contributed by atoms with van der Waals surface area (Å²) in [7, 11) is 3.25. The van der Waals surface area contributed by atoms with Crippen molar-refractivity contribution in [1.82, 2.24) is 10.6 Å². The lowest BCUT2D eigenvalue weighted by atomic mass is 10.1. The minimum absolute atomic E-state index is 0.0156. The summed E-state index contributed by atoms with van der Waals surface area (Å²) in [4.78, 5) is 10.7. The van der Waals surface area contributed by atoms with E-state index in [2.05, 4.69) is 15.4 Å². The van der Waals surface area contributed by atoms with E-state index in [4.69, 9.17) is 5.11 Å². The quantitative estimate of drug-likeness (QED) is 0.782. The molecule has 1 amide bonds. The third kappa shape index (κ3) is 10.8. The standard InChI is InChI=1S/C10H13NO2.C4H9N.C2H6O/c1-7(11-8(2)12)9-3-5-10(13)6-4-9;1-2-4-5-3-1;1-3-2/h3-7,13H,1-2H3,(H,11,12);5H,1-4H2;1-2H3. The van der Waals surface area contributed by atoms with E-state index in [9.17, 15) is 4.79 Å². The van der Waals surface area contributed by atoms with Crippen molar-refractivity contribution in [3.8, 4) is 5.75 Å². The molecule has 3 N–H and O–H groups in total. The highest BCUT2D eigenvalue weighted by Crippen LogP contribution is 2.15. The molecule has 1 aromatic carbocycles. The van der Waals surface area contributed by atoms with Crippen molar-refractivity contribution >= 4 is 5.91 Å². The number of rotatable bonds is 2. The van der Waals surface area contributed by atoms with Crippen LogP contribution >= 0.6 is 0 Å². The number of amides is 1. The van der Waals surface area contributed by atoms with Crippen LogP contribution in [-0.2, 0) is 9.53 Å². The summed E-state index contributed by atoms with van der Waals surface area (Å²) in [5, 5.41) is 15.0. The summed E-state index contributed by atoms with van der Waals surface area (Å²) >= 11 is 0. The van der Waals surface area contributed by atoms with Gasteiger partial charge in [0.15, 0.2) is 0 Å². The number of methoxy groups -OCH3 is 1. The molecule has 0 aliphatic carbocycles. The molecule has 1 saturated heterocycles. The Morgan fingerprint density at radius 1 is 1.24 bits per heavy atom. The van der Waals surface area contributed by atoms with Gasteiger partial charge in [0, 0.05) is 21.1 Å². The molecule has 2 rings (SSSR count). The molecule has 21 heavy (non-hydrogen) atoms. The Kier molecular flexibility index (Phi) is 11.3. The second-order valence-corrected chi connectivity index (χ2v) is 4.88. The van der Waals surface area contributed by atoms with E-state index in [1.165, 1.54) is 32.9 Å². The summed E-state index contributed by atoms with van der Waals surface area (Å²) in [5.41, 5.74) is 0.980. The zero-order valence-corrected chi connectivity index (χ0v) is 13.5. The predicted molar refractivity (Wildman–Crippen MR) is 85.4 cm³/mol. The number of benzene rings is 1. The van der Waals surface area contributed by atoms with Crippen molar-refractivity contribution in [3.63, 3.8) is 0 Å². The molecular formula is C16H28N2O3. The lowest BCUT2D eigenvalue weighted by Crippen LogP contribution is -2.23. The van der Waals surface area contributed by atoms with Crippen molar-refractivity contribution in [3.05, 3.63) is 29.8 Å². The van der Waals surface area contributed by atoms with Crippen molar-refractivity contribution in [2.45, 2.75) is 32.7 Å². The molecule has 0 spiro atoms. The topological polar surface area (TPSA) is 70.6 Å². The van der Waals surface area contributed by atoms with Gasteiger partial charge in [-0.3, -0.25) is 4.79 Å². The smallest absolute Gasteiger partial charge is 0.217 e. The maximum atomic E-state index is 10.7. The van der Waals surface area contributed by atoms with Gasteiger partial charge in [0.1, 0.15) is 5.75 Å². The molecule has 1 aliphatic rings. The first-order chi connectivity index (χ1) is 10.0. The third-order valence-corrected chi connectivity index (χ3v) is 2.77. The molecule has 1 unspecified atom stereocenters. The summed E-state index contributed by atoms with van der Waals surface area (Å²) in [6, 6.07) is 6.77. The van der Waals surface area contributed by atoms with Crippen LogP contribution in [0.1, 0.15) is 38.3 Å². The molecule has 0 aromatic heterocycles. The Balaban J connectivity index is 0.000000410. The van der Waals surface area contributed by atoms with Crippen LogP contribution in [-0.4, -0.2) is 38.3 Å². The number of ether oxygens (including phenoxy) is 1. The van der Waals surface area contributed by atoms with Crippen LogP contribution in [0.5, 0.6) is 5.75 Å². The van der Waals surface area contributed by atoms with Gasteiger partial charge in [-0.1, -0.05) is 12.1 Å². The van der Waals surface area contributed by atoms with Gasteiger partial charge in [-0.25, -0.2) is 0 Å². The Labute approximate surface area is 127 Å². The zero-order valence-electron chi connectivity index (χ0n) is 13.5. The SMILES string of the molecule is C1CCNC1.CC(=O)NC(C)c1ccc(O)cc1.COC. The summed E-state index contributed by atoms with van der Waals surface area (Å²) in [6.45, 7) is 5.88. The van der Waals surface area contributed by atoms with Crippen molar-refractivity contribution in [2.24, 2.45) is 0 Å². The fourth-order valence-electron chi connectivity index (χ4n) is 1.78. The van der Waals surface area contributed by atoms with E-state index in [0.717, 1.165) is 5.56 Å². The maximum absolute atomic E-state index is 10.7. The van der Waals surface area contributed by atoms with Gasteiger partial charge >= 0.3 is 0 Å². The Morgan fingerprint density at radius 2 is 1.71 bits per heavy atom. The summed E-state index contributed by atoms with van der Waals surface area (Å²) < 4.78 is 4.25. The number of hydrogen-bond acceptors (Lipinski definition) is 4. The van der Waals surface area contributed by atoms with Crippen LogP contribution in [0.15, 0.2) is 24.3 Å². The highest BCUT2D eigenvalue weighted by Gasteiger charge is 2.05. The normalized spacial score (nSPS) is 14.1. The van der Waals surface area contributed by atoms with Gasteiger partial charge in [0.2, 0.25) is 5.91 Å². The number of carbonyl (C=O) groups excluding carboxylic acids is 1. The van der Waals surface area contributed by atoms with E-state index in [-0.39, 0.29) is 17.7 Å². The number of hydrogen-bond donors (Lipinski definition) is 3. The molecule has 1 fully saturated rings. The molecule has 5 heteroatoms. The fraction of sp³-hybridized carbons (Fsp3) is 0.562. The molecule has 120 valence electrons. The minimum Gasteiger partial charge on any atom is -0.508 e. The van der Waals surface area contributed by atoms with Crippen LogP contribution < -0.4 is 10.6 Å². The average molecular weight is 296 g/mol.